The van der Waals surface area contributed by atoms with Crippen molar-refractivity contribution in [3.05, 3.63) is 15.4 Å². The Hall–Kier alpha value is -0.970. The highest BCUT2D eigenvalue weighted by atomic mass is 79.9. The fourth-order valence-electron chi connectivity index (χ4n) is 1.50. The molecule has 0 aromatic carbocycles. The van der Waals surface area contributed by atoms with Crippen LogP contribution >= 0.6 is 27.3 Å². The molecule has 1 rings (SSSR count). The molecule has 0 bridgehead atoms. The summed E-state index contributed by atoms with van der Waals surface area (Å²) in [7, 11) is -3.95. The van der Waals surface area contributed by atoms with E-state index in [-0.39, 0.29) is 23.5 Å². The van der Waals surface area contributed by atoms with E-state index in [1.54, 1.807) is 6.92 Å². The maximum absolute atomic E-state index is 12.1. The van der Waals surface area contributed by atoms with Crippen molar-refractivity contribution >= 4 is 49.2 Å². The molecule has 1 aromatic heterocycles. The van der Waals surface area contributed by atoms with Gasteiger partial charge in [-0.05, 0) is 47.3 Å². The molecule has 0 amide bonds. The van der Waals surface area contributed by atoms with Crippen LogP contribution in [0.15, 0.2) is 14.1 Å². The zero-order chi connectivity index (χ0) is 16.2. The van der Waals surface area contributed by atoms with Gasteiger partial charge >= 0.3 is 11.9 Å². The molecule has 21 heavy (non-hydrogen) atoms. The van der Waals surface area contributed by atoms with E-state index in [4.69, 9.17) is 10.2 Å². The Bertz CT molecular complexity index is 620. The third kappa shape index (κ3) is 5.38. The Morgan fingerprint density at radius 2 is 2.05 bits per heavy atom. The number of carboxylic acid groups (broad SMARTS) is 2. The standard InChI is InChI=1S/C11H14BrNO6S2/c1-6-5-9(20-10(6)12)21(18,19)13-7(11(16)17)3-2-4-8(14)15/h5,7,13H,2-4H2,1H3,(H,14,15)(H,16,17)/t7-/m1/s1. The molecule has 0 fully saturated rings. The van der Waals surface area contributed by atoms with E-state index in [0.717, 1.165) is 16.9 Å². The fraction of sp³-hybridized carbons (Fsp3) is 0.455. The zero-order valence-electron chi connectivity index (χ0n) is 11.0. The van der Waals surface area contributed by atoms with Crippen LogP contribution in [0.4, 0.5) is 0 Å². The normalized spacial score (nSPS) is 13.0. The van der Waals surface area contributed by atoms with Crippen molar-refractivity contribution in [2.24, 2.45) is 0 Å². The fourth-order valence-corrected chi connectivity index (χ4v) is 4.97. The van der Waals surface area contributed by atoms with Crippen LogP contribution in [-0.4, -0.2) is 36.6 Å². The first kappa shape index (κ1) is 18.1. The van der Waals surface area contributed by atoms with Crippen molar-refractivity contribution in [1.29, 1.82) is 0 Å². The average molecular weight is 400 g/mol. The van der Waals surface area contributed by atoms with Crippen molar-refractivity contribution in [2.45, 2.75) is 36.4 Å². The second-order valence-corrected chi connectivity index (χ2v) is 8.63. The topological polar surface area (TPSA) is 121 Å². The van der Waals surface area contributed by atoms with E-state index in [1.807, 2.05) is 0 Å². The van der Waals surface area contributed by atoms with Gasteiger partial charge in [-0.3, -0.25) is 9.59 Å². The molecule has 0 aliphatic heterocycles. The van der Waals surface area contributed by atoms with Crippen LogP contribution in [0.1, 0.15) is 24.8 Å². The maximum Gasteiger partial charge on any atom is 0.321 e. The number of aryl methyl sites for hydroxylation is 1. The minimum atomic E-state index is -3.95. The summed E-state index contributed by atoms with van der Waals surface area (Å²) in [6.07, 6.45) is -0.233. The Kier molecular flexibility index (Phi) is 6.32. The number of nitrogens with one attached hydrogen (secondary N) is 1. The summed E-state index contributed by atoms with van der Waals surface area (Å²) >= 11 is 4.19. The van der Waals surface area contributed by atoms with Gasteiger partial charge in [0.05, 0.1) is 3.79 Å². The largest absolute Gasteiger partial charge is 0.481 e. The first-order valence-electron chi connectivity index (χ1n) is 5.86. The Morgan fingerprint density at radius 1 is 1.43 bits per heavy atom. The summed E-state index contributed by atoms with van der Waals surface area (Å²) in [5.41, 5.74) is 0.734. The second-order valence-electron chi connectivity index (χ2n) is 4.32. The first-order chi connectivity index (χ1) is 9.63. The third-order valence-electron chi connectivity index (χ3n) is 2.58. The summed E-state index contributed by atoms with van der Waals surface area (Å²) < 4.78 is 27.0. The molecule has 1 atom stereocenters. The van der Waals surface area contributed by atoms with Crippen molar-refractivity contribution in [3.8, 4) is 0 Å². The van der Waals surface area contributed by atoms with Gasteiger partial charge in [-0.2, -0.15) is 4.72 Å². The van der Waals surface area contributed by atoms with Crippen LogP contribution in [0.3, 0.4) is 0 Å². The van der Waals surface area contributed by atoms with Gasteiger partial charge in [0.15, 0.2) is 0 Å². The van der Waals surface area contributed by atoms with Gasteiger partial charge in [0.1, 0.15) is 10.3 Å². The van der Waals surface area contributed by atoms with Gasteiger partial charge in [0.25, 0.3) is 10.0 Å². The summed E-state index contributed by atoms with van der Waals surface area (Å²) in [4.78, 5) is 21.5. The Balaban J connectivity index is 2.82. The average Bonchev–Trinajstić information content (AvgIpc) is 2.68. The predicted octanol–water partition coefficient (Wildman–Crippen LogP) is 1.81. The molecule has 1 heterocycles. The number of carboxylic acids is 2. The van der Waals surface area contributed by atoms with E-state index in [0.29, 0.717) is 3.79 Å². The highest BCUT2D eigenvalue weighted by Crippen LogP contribution is 2.30. The molecule has 0 aliphatic carbocycles. The second kappa shape index (κ2) is 7.34. The van der Waals surface area contributed by atoms with Gasteiger partial charge in [-0.25, -0.2) is 8.42 Å². The van der Waals surface area contributed by atoms with Crippen molar-refractivity contribution in [2.75, 3.05) is 0 Å². The monoisotopic (exact) mass is 399 g/mol. The van der Waals surface area contributed by atoms with Crippen molar-refractivity contribution in [3.63, 3.8) is 0 Å². The number of hydrogen-bond donors (Lipinski definition) is 3. The van der Waals surface area contributed by atoms with E-state index in [1.165, 1.54) is 6.07 Å². The molecule has 0 spiro atoms. The molecule has 1 aromatic rings. The number of carbonyl (C=O) groups is 2. The SMILES string of the molecule is Cc1cc(S(=O)(=O)N[C@H](CCCC(=O)O)C(=O)O)sc1Br. The lowest BCUT2D eigenvalue weighted by molar-refractivity contribution is -0.140. The minimum absolute atomic E-state index is 0.0105. The molecule has 0 aliphatic rings. The minimum Gasteiger partial charge on any atom is -0.481 e. The summed E-state index contributed by atoms with van der Waals surface area (Å²) in [6.45, 7) is 1.72. The van der Waals surface area contributed by atoms with E-state index < -0.39 is 28.0 Å². The predicted molar refractivity (Wildman–Crippen MR) is 80.0 cm³/mol. The molecule has 3 N–H and O–H groups in total. The van der Waals surface area contributed by atoms with Crippen molar-refractivity contribution in [1.82, 2.24) is 4.72 Å². The van der Waals surface area contributed by atoms with Crippen LogP contribution in [0.2, 0.25) is 0 Å². The van der Waals surface area contributed by atoms with E-state index in [9.17, 15) is 18.0 Å². The summed E-state index contributed by atoms with van der Waals surface area (Å²) in [6, 6.07) is 0.0864. The molecular formula is C11H14BrNO6S2. The number of hydrogen-bond acceptors (Lipinski definition) is 5. The van der Waals surface area contributed by atoms with Crippen LogP contribution < -0.4 is 4.72 Å². The highest BCUT2D eigenvalue weighted by Gasteiger charge is 2.26. The van der Waals surface area contributed by atoms with Gasteiger partial charge in [-0.15, -0.1) is 11.3 Å². The summed E-state index contributed by atoms with van der Waals surface area (Å²) in [5, 5.41) is 17.5. The van der Waals surface area contributed by atoms with Crippen molar-refractivity contribution < 1.29 is 28.2 Å². The number of rotatable bonds is 8. The van der Waals surface area contributed by atoms with Gasteiger partial charge in [-0.1, -0.05) is 0 Å². The highest BCUT2D eigenvalue weighted by molar-refractivity contribution is 9.11. The number of sulfonamides is 1. The Labute approximate surface area is 134 Å². The third-order valence-corrected chi connectivity index (χ3v) is 6.66. The van der Waals surface area contributed by atoms with Crippen LogP contribution in [-0.2, 0) is 19.6 Å². The quantitative estimate of drug-likeness (QED) is 0.612. The van der Waals surface area contributed by atoms with E-state index in [2.05, 4.69) is 20.7 Å². The lowest BCUT2D eigenvalue weighted by atomic mass is 10.1. The zero-order valence-corrected chi connectivity index (χ0v) is 14.2. The number of aliphatic carboxylic acids is 2. The van der Waals surface area contributed by atoms with E-state index >= 15 is 0 Å². The lowest BCUT2D eigenvalue weighted by Gasteiger charge is -2.13. The van der Waals surface area contributed by atoms with Crippen LogP contribution in [0.25, 0.3) is 0 Å². The number of halogens is 1. The molecule has 10 heteroatoms. The maximum atomic E-state index is 12.1. The summed E-state index contributed by atoms with van der Waals surface area (Å²) in [5.74, 6) is -2.39. The molecule has 118 valence electrons. The smallest absolute Gasteiger partial charge is 0.321 e. The lowest BCUT2D eigenvalue weighted by Crippen LogP contribution is -2.40. The van der Waals surface area contributed by atoms with Gasteiger partial charge < -0.3 is 10.2 Å². The molecule has 7 nitrogen and oxygen atoms in total. The van der Waals surface area contributed by atoms with Crippen LogP contribution in [0, 0.1) is 6.92 Å². The molecule has 0 saturated heterocycles. The number of thiophene rings is 1. The molecular weight excluding hydrogens is 386 g/mol. The molecule has 0 radical (unpaired) electrons. The van der Waals surface area contributed by atoms with Crippen LogP contribution in [0.5, 0.6) is 0 Å². The Morgan fingerprint density at radius 3 is 2.48 bits per heavy atom. The molecule has 0 unspecified atom stereocenters. The van der Waals surface area contributed by atoms with Gasteiger partial charge in [0, 0.05) is 6.42 Å². The molecule has 0 saturated carbocycles. The first-order valence-corrected chi connectivity index (χ1v) is 8.95. The van der Waals surface area contributed by atoms with Gasteiger partial charge in [0.2, 0.25) is 0 Å².